The van der Waals surface area contributed by atoms with Crippen LogP contribution in [0.25, 0.3) is 0 Å². The zero-order valence-electron chi connectivity index (χ0n) is 11.8. The molecule has 0 aliphatic carbocycles. The predicted molar refractivity (Wildman–Crippen MR) is 69.5 cm³/mol. The van der Waals surface area contributed by atoms with Gasteiger partial charge in [-0.15, -0.1) is 0 Å². The lowest BCUT2D eigenvalue weighted by Gasteiger charge is -2.39. The van der Waals surface area contributed by atoms with E-state index in [0.717, 1.165) is 0 Å². The van der Waals surface area contributed by atoms with E-state index in [1.54, 1.807) is 11.9 Å². The second-order valence-corrected chi connectivity index (χ2v) is 5.23. The van der Waals surface area contributed by atoms with Crippen molar-refractivity contribution in [3.05, 3.63) is 0 Å². The summed E-state index contributed by atoms with van der Waals surface area (Å²) in [6.45, 7) is 4.05. The van der Waals surface area contributed by atoms with Crippen molar-refractivity contribution in [3.63, 3.8) is 0 Å². The molecule has 0 bridgehead atoms. The molecular weight excluding hydrogens is 248 g/mol. The van der Waals surface area contributed by atoms with Crippen LogP contribution in [0.4, 0.5) is 0 Å². The molecule has 1 fully saturated rings. The highest BCUT2D eigenvalue weighted by molar-refractivity contribution is 5.84. The van der Waals surface area contributed by atoms with E-state index in [1.807, 2.05) is 6.92 Å². The molecule has 1 atom stereocenters. The SMILES string of the molecule is CCC1(C(=O)O)CCCN(C(=O)CN(C)C(C)=O)C1. The Morgan fingerprint density at radius 2 is 2.00 bits per heavy atom. The van der Waals surface area contributed by atoms with Crippen molar-refractivity contribution in [2.75, 3.05) is 26.7 Å². The molecule has 0 aromatic carbocycles. The zero-order valence-corrected chi connectivity index (χ0v) is 11.8. The normalized spacial score (nSPS) is 23.0. The quantitative estimate of drug-likeness (QED) is 0.810. The number of likely N-dealkylation sites (N-methyl/N-ethyl adjacent to an activating group) is 1. The van der Waals surface area contributed by atoms with Gasteiger partial charge in [0.15, 0.2) is 0 Å². The second-order valence-electron chi connectivity index (χ2n) is 5.23. The molecule has 0 radical (unpaired) electrons. The lowest BCUT2D eigenvalue weighted by molar-refractivity contribution is -0.156. The van der Waals surface area contributed by atoms with Crippen LogP contribution in [0.2, 0.25) is 0 Å². The number of carboxylic acid groups (broad SMARTS) is 1. The topological polar surface area (TPSA) is 77.9 Å². The summed E-state index contributed by atoms with van der Waals surface area (Å²) in [5.74, 6) is -1.20. The lowest BCUT2D eigenvalue weighted by atomic mass is 9.77. The summed E-state index contributed by atoms with van der Waals surface area (Å²) in [4.78, 5) is 37.5. The molecule has 1 aliphatic rings. The molecule has 1 heterocycles. The van der Waals surface area contributed by atoms with Crippen LogP contribution in [0.3, 0.4) is 0 Å². The van der Waals surface area contributed by atoms with Gasteiger partial charge in [-0.3, -0.25) is 14.4 Å². The third-order valence-electron chi connectivity index (χ3n) is 3.97. The zero-order chi connectivity index (χ0) is 14.6. The first-order valence-electron chi connectivity index (χ1n) is 6.55. The Morgan fingerprint density at radius 1 is 1.37 bits per heavy atom. The molecule has 1 saturated heterocycles. The summed E-state index contributed by atoms with van der Waals surface area (Å²) in [6.07, 6.45) is 1.80. The number of carbonyl (C=O) groups excluding carboxylic acids is 2. The van der Waals surface area contributed by atoms with E-state index in [0.29, 0.717) is 25.8 Å². The monoisotopic (exact) mass is 270 g/mol. The van der Waals surface area contributed by atoms with Gasteiger partial charge < -0.3 is 14.9 Å². The molecule has 0 saturated carbocycles. The molecule has 1 rings (SSSR count). The van der Waals surface area contributed by atoms with Gasteiger partial charge >= 0.3 is 5.97 Å². The second kappa shape index (κ2) is 6.04. The minimum atomic E-state index is -0.840. The molecule has 2 amide bonds. The maximum atomic E-state index is 12.1. The molecule has 1 unspecified atom stereocenters. The molecule has 0 aromatic heterocycles. The van der Waals surface area contributed by atoms with Crippen LogP contribution in [0.5, 0.6) is 0 Å². The summed E-state index contributed by atoms with van der Waals surface area (Å²) >= 11 is 0. The number of carboxylic acids is 1. The molecule has 108 valence electrons. The predicted octanol–water partition coefficient (Wildman–Crippen LogP) is 0.568. The van der Waals surface area contributed by atoms with Crippen LogP contribution in [0, 0.1) is 5.41 Å². The van der Waals surface area contributed by atoms with Gasteiger partial charge in [0.05, 0.1) is 12.0 Å². The largest absolute Gasteiger partial charge is 0.481 e. The van der Waals surface area contributed by atoms with Crippen molar-refractivity contribution in [1.82, 2.24) is 9.80 Å². The van der Waals surface area contributed by atoms with Crippen LogP contribution in [-0.4, -0.2) is 59.4 Å². The third-order valence-corrected chi connectivity index (χ3v) is 3.97. The van der Waals surface area contributed by atoms with Gasteiger partial charge in [-0.25, -0.2) is 0 Å². The number of carbonyl (C=O) groups is 3. The van der Waals surface area contributed by atoms with E-state index >= 15 is 0 Å². The van der Waals surface area contributed by atoms with Crippen molar-refractivity contribution >= 4 is 17.8 Å². The molecule has 1 aliphatic heterocycles. The highest BCUT2D eigenvalue weighted by Crippen LogP contribution is 2.33. The van der Waals surface area contributed by atoms with Crippen LogP contribution >= 0.6 is 0 Å². The van der Waals surface area contributed by atoms with Gasteiger partial charge in [0.2, 0.25) is 11.8 Å². The fourth-order valence-electron chi connectivity index (χ4n) is 2.37. The Kier molecular flexibility index (Phi) is 4.91. The number of aliphatic carboxylic acids is 1. The van der Waals surface area contributed by atoms with Gasteiger partial charge in [0, 0.05) is 27.1 Å². The first kappa shape index (κ1) is 15.5. The Morgan fingerprint density at radius 3 is 2.47 bits per heavy atom. The Bertz CT molecular complexity index is 383. The van der Waals surface area contributed by atoms with Gasteiger partial charge in [0.1, 0.15) is 0 Å². The minimum Gasteiger partial charge on any atom is -0.481 e. The lowest BCUT2D eigenvalue weighted by Crippen LogP contribution is -2.51. The summed E-state index contributed by atoms with van der Waals surface area (Å²) in [5.41, 5.74) is -0.831. The first-order valence-corrected chi connectivity index (χ1v) is 6.55. The maximum Gasteiger partial charge on any atom is 0.311 e. The number of hydrogen-bond donors (Lipinski definition) is 1. The van der Waals surface area contributed by atoms with E-state index < -0.39 is 11.4 Å². The van der Waals surface area contributed by atoms with Gasteiger partial charge in [-0.2, -0.15) is 0 Å². The minimum absolute atomic E-state index is 0.00868. The summed E-state index contributed by atoms with van der Waals surface area (Å²) in [5, 5.41) is 9.36. The fraction of sp³-hybridized carbons (Fsp3) is 0.769. The van der Waals surface area contributed by atoms with Crippen molar-refractivity contribution in [3.8, 4) is 0 Å². The van der Waals surface area contributed by atoms with Crippen molar-refractivity contribution in [1.29, 1.82) is 0 Å². The van der Waals surface area contributed by atoms with E-state index in [9.17, 15) is 19.5 Å². The van der Waals surface area contributed by atoms with Crippen molar-refractivity contribution < 1.29 is 19.5 Å². The molecule has 6 heteroatoms. The molecule has 0 spiro atoms. The highest BCUT2D eigenvalue weighted by atomic mass is 16.4. The fourth-order valence-corrected chi connectivity index (χ4v) is 2.37. The van der Waals surface area contributed by atoms with E-state index in [2.05, 4.69) is 0 Å². The first-order chi connectivity index (χ1) is 8.82. The van der Waals surface area contributed by atoms with Gasteiger partial charge in [-0.05, 0) is 19.3 Å². The summed E-state index contributed by atoms with van der Waals surface area (Å²) in [7, 11) is 1.56. The summed E-state index contributed by atoms with van der Waals surface area (Å²) < 4.78 is 0. The summed E-state index contributed by atoms with van der Waals surface area (Å²) in [6, 6.07) is 0. The average molecular weight is 270 g/mol. The highest BCUT2D eigenvalue weighted by Gasteiger charge is 2.42. The molecule has 0 aromatic rings. The number of nitrogens with zero attached hydrogens (tertiary/aromatic N) is 2. The van der Waals surface area contributed by atoms with E-state index in [1.165, 1.54) is 11.8 Å². The van der Waals surface area contributed by atoms with Gasteiger partial charge in [0.25, 0.3) is 0 Å². The van der Waals surface area contributed by atoms with E-state index in [-0.39, 0.29) is 24.9 Å². The van der Waals surface area contributed by atoms with Gasteiger partial charge in [-0.1, -0.05) is 6.92 Å². The van der Waals surface area contributed by atoms with Crippen LogP contribution < -0.4 is 0 Å². The Hall–Kier alpha value is -1.59. The van der Waals surface area contributed by atoms with E-state index in [4.69, 9.17) is 0 Å². The van der Waals surface area contributed by atoms with Crippen molar-refractivity contribution in [2.45, 2.75) is 33.1 Å². The molecular formula is C13H22N2O4. The third kappa shape index (κ3) is 3.45. The number of piperidine rings is 1. The molecule has 19 heavy (non-hydrogen) atoms. The number of hydrogen-bond acceptors (Lipinski definition) is 3. The molecule has 6 nitrogen and oxygen atoms in total. The number of amides is 2. The number of likely N-dealkylation sites (tertiary alicyclic amines) is 1. The van der Waals surface area contributed by atoms with Crippen molar-refractivity contribution in [2.24, 2.45) is 5.41 Å². The van der Waals surface area contributed by atoms with Crippen LogP contribution in [-0.2, 0) is 14.4 Å². The Balaban J connectivity index is 2.71. The van der Waals surface area contributed by atoms with Crippen LogP contribution in [0.15, 0.2) is 0 Å². The Labute approximate surface area is 113 Å². The number of rotatable bonds is 4. The maximum absolute atomic E-state index is 12.1. The smallest absolute Gasteiger partial charge is 0.311 e. The molecule has 1 N–H and O–H groups in total. The van der Waals surface area contributed by atoms with Crippen LogP contribution in [0.1, 0.15) is 33.1 Å². The standard InChI is InChI=1S/C13H22N2O4/c1-4-13(12(18)19)6-5-7-15(9-13)11(17)8-14(3)10(2)16/h4-9H2,1-3H3,(H,18,19). The average Bonchev–Trinajstić information content (AvgIpc) is 2.38.